The third-order valence-electron chi connectivity index (χ3n) is 3.11. The lowest BCUT2D eigenvalue weighted by Gasteiger charge is -2.05. The average Bonchev–Trinajstić information content (AvgIpc) is 2.79. The van der Waals surface area contributed by atoms with E-state index < -0.39 is 5.97 Å². The monoisotopic (exact) mass is 287 g/mol. The van der Waals surface area contributed by atoms with E-state index >= 15 is 0 Å². The Morgan fingerprint density at radius 1 is 1.29 bits per heavy atom. The summed E-state index contributed by atoms with van der Waals surface area (Å²) in [5.41, 5.74) is 2.12. The number of carbonyl (C=O) groups is 2. The number of furan rings is 1. The standard InChI is InChI=1S/C16H17NO4/c1-3-13-10(2)7-14(21-13)16(20)17-12-6-4-5-11(8-12)9-15(18)19/h4-8H,3,9H2,1-2H3,(H,17,20)(H,18,19). The lowest BCUT2D eigenvalue weighted by molar-refractivity contribution is -0.136. The van der Waals surface area contributed by atoms with E-state index in [1.54, 1.807) is 30.3 Å². The van der Waals surface area contributed by atoms with Crippen molar-refractivity contribution in [2.24, 2.45) is 0 Å². The third kappa shape index (κ3) is 3.72. The molecular formula is C16H17NO4. The van der Waals surface area contributed by atoms with Crippen LogP contribution >= 0.6 is 0 Å². The molecule has 1 aromatic carbocycles. The van der Waals surface area contributed by atoms with Crippen molar-refractivity contribution in [3.63, 3.8) is 0 Å². The predicted octanol–water partition coefficient (Wildman–Crippen LogP) is 3.03. The number of aryl methyl sites for hydroxylation is 2. The van der Waals surface area contributed by atoms with E-state index in [2.05, 4.69) is 5.32 Å². The van der Waals surface area contributed by atoms with E-state index in [0.29, 0.717) is 11.3 Å². The van der Waals surface area contributed by atoms with Crippen molar-refractivity contribution in [3.05, 3.63) is 53.0 Å². The summed E-state index contributed by atoms with van der Waals surface area (Å²) in [6.45, 7) is 3.86. The number of amides is 1. The molecule has 0 bridgehead atoms. The molecule has 110 valence electrons. The molecule has 0 aliphatic heterocycles. The molecule has 0 radical (unpaired) electrons. The van der Waals surface area contributed by atoms with Gasteiger partial charge in [0.1, 0.15) is 5.76 Å². The molecule has 0 atom stereocenters. The van der Waals surface area contributed by atoms with Crippen molar-refractivity contribution in [1.29, 1.82) is 0 Å². The second-order valence-corrected chi connectivity index (χ2v) is 4.80. The van der Waals surface area contributed by atoms with Crippen molar-refractivity contribution in [2.45, 2.75) is 26.7 Å². The molecule has 0 aliphatic rings. The Labute approximate surface area is 122 Å². The van der Waals surface area contributed by atoms with Gasteiger partial charge in [-0.05, 0) is 36.2 Å². The zero-order valence-electron chi connectivity index (χ0n) is 12.0. The number of hydrogen-bond donors (Lipinski definition) is 2. The summed E-state index contributed by atoms with van der Waals surface area (Å²) in [6.07, 6.45) is 0.650. The van der Waals surface area contributed by atoms with Crippen LogP contribution in [0.25, 0.3) is 0 Å². The average molecular weight is 287 g/mol. The highest BCUT2D eigenvalue weighted by Gasteiger charge is 2.14. The Balaban J connectivity index is 2.13. The summed E-state index contributed by atoms with van der Waals surface area (Å²) >= 11 is 0. The van der Waals surface area contributed by atoms with E-state index in [0.717, 1.165) is 17.7 Å². The van der Waals surface area contributed by atoms with E-state index in [4.69, 9.17) is 9.52 Å². The van der Waals surface area contributed by atoms with Crippen LogP contribution in [0.2, 0.25) is 0 Å². The molecule has 2 rings (SSSR count). The first kappa shape index (κ1) is 14.8. The molecule has 2 N–H and O–H groups in total. The molecule has 0 saturated carbocycles. The fourth-order valence-electron chi connectivity index (χ4n) is 2.11. The van der Waals surface area contributed by atoms with Crippen LogP contribution in [0.3, 0.4) is 0 Å². The largest absolute Gasteiger partial charge is 0.481 e. The second-order valence-electron chi connectivity index (χ2n) is 4.80. The molecule has 0 unspecified atom stereocenters. The summed E-state index contributed by atoms with van der Waals surface area (Å²) in [5, 5.41) is 11.5. The van der Waals surface area contributed by atoms with Crippen LogP contribution < -0.4 is 5.32 Å². The summed E-state index contributed by atoms with van der Waals surface area (Å²) < 4.78 is 5.49. The smallest absolute Gasteiger partial charge is 0.307 e. The van der Waals surface area contributed by atoms with Gasteiger partial charge in [0.05, 0.1) is 6.42 Å². The summed E-state index contributed by atoms with van der Waals surface area (Å²) in [7, 11) is 0. The van der Waals surface area contributed by atoms with Crippen molar-refractivity contribution < 1.29 is 19.1 Å². The van der Waals surface area contributed by atoms with Crippen molar-refractivity contribution >= 4 is 17.6 Å². The number of carboxylic acid groups (broad SMARTS) is 1. The molecule has 0 saturated heterocycles. The topological polar surface area (TPSA) is 79.5 Å². The number of anilines is 1. The summed E-state index contributed by atoms with van der Waals surface area (Å²) in [4.78, 5) is 22.8. The van der Waals surface area contributed by atoms with Gasteiger partial charge < -0.3 is 14.8 Å². The minimum absolute atomic E-state index is 0.0798. The van der Waals surface area contributed by atoms with E-state index in [9.17, 15) is 9.59 Å². The van der Waals surface area contributed by atoms with Crippen LogP contribution in [-0.2, 0) is 17.6 Å². The number of hydrogen-bond acceptors (Lipinski definition) is 3. The maximum Gasteiger partial charge on any atom is 0.307 e. The fourth-order valence-corrected chi connectivity index (χ4v) is 2.11. The highest BCUT2D eigenvalue weighted by Crippen LogP contribution is 2.17. The summed E-state index contributed by atoms with van der Waals surface area (Å²) in [5.74, 6) is -0.203. The molecule has 5 heteroatoms. The second kappa shape index (κ2) is 6.26. The normalized spacial score (nSPS) is 10.4. The first-order valence-corrected chi connectivity index (χ1v) is 6.71. The highest BCUT2D eigenvalue weighted by molar-refractivity contribution is 6.02. The Bertz CT molecular complexity index is 673. The Kier molecular flexibility index (Phi) is 4.42. The van der Waals surface area contributed by atoms with Gasteiger partial charge in [0.15, 0.2) is 5.76 Å². The van der Waals surface area contributed by atoms with Gasteiger partial charge in [-0.3, -0.25) is 9.59 Å². The zero-order valence-corrected chi connectivity index (χ0v) is 12.0. The Morgan fingerprint density at radius 2 is 2.05 bits per heavy atom. The number of nitrogens with one attached hydrogen (secondary N) is 1. The SMILES string of the molecule is CCc1oc(C(=O)Nc2cccc(CC(=O)O)c2)cc1C. The molecule has 0 aliphatic carbocycles. The minimum atomic E-state index is -0.910. The molecule has 2 aromatic rings. The molecule has 1 amide bonds. The van der Waals surface area contributed by atoms with Crippen molar-refractivity contribution in [2.75, 3.05) is 5.32 Å². The minimum Gasteiger partial charge on any atom is -0.481 e. The lowest BCUT2D eigenvalue weighted by Crippen LogP contribution is -2.11. The van der Waals surface area contributed by atoms with E-state index in [-0.39, 0.29) is 18.1 Å². The maximum atomic E-state index is 12.1. The van der Waals surface area contributed by atoms with Gasteiger partial charge in [0.25, 0.3) is 5.91 Å². The van der Waals surface area contributed by atoms with Crippen LogP contribution in [0.5, 0.6) is 0 Å². The maximum absolute atomic E-state index is 12.1. The van der Waals surface area contributed by atoms with Crippen LogP contribution in [0.15, 0.2) is 34.7 Å². The molecule has 1 heterocycles. The van der Waals surface area contributed by atoms with Crippen LogP contribution in [-0.4, -0.2) is 17.0 Å². The highest BCUT2D eigenvalue weighted by atomic mass is 16.4. The van der Waals surface area contributed by atoms with Crippen molar-refractivity contribution in [3.8, 4) is 0 Å². The van der Waals surface area contributed by atoms with Gasteiger partial charge in [0, 0.05) is 12.1 Å². The van der Waals surface area contributed by atoms with Crippen LogP contribution in [0.4, 0.5) is 5.69 Å². The lowest BCUT2D eigenvalue weighted by atomic mass is 10.1. The number of carboxylic acids is 1. The van der Waals surface area contributed by atoms with Gasteiger partial charge in [-0.1, -0.05) is 19.1 Å². The van der Waals surface area contributed by atoms with Gasteiger partial charge in [0.2, 0.25) is 0 Å². The Morgan fingerprint density at radius 3 is 2.67 bits per heavy atom. The van der Waals surface area contributed by atoms with Gasteiger partial charge in [-0.25, -0.2) is 0 Å². The number of aliphatic carboxylic acids is 1. The molecule has 1 aromatic heterocycles. The first-order chi connectivity index (χ1) is 9.99. The van der Waals surface area contributed by atoms with Crippen molar-refractivity contribution in [1.82, 2.24) is 0 Å². The predicted molar refractivity (Wildman–Crippen MR) is 78.6 cm³/mol. The molecule has 5 nitrogen and oxygen atoms in total. The number of rotatable bonds is 5. The Hall–Kier alpha value is -2.56. The van der Waals surface area contributed by atoms with Crippen LogP contribution in [0, 0.1) is 6.92 Å². The third-order valence-corrected chi connectivity index (χ3v) is 3.11. The van der Waals surface area contributed by atoms with Gasteiger partial charge in [-0.2, -0.15) is 0 Å². The number of benzene rings is 1. The molecular weight excluding hydrogens is 270 g/mol. The summed E-state index contributed by atoms with van der Waals surface area (Å²) in [6, 6.07) is 8.46. The van der Waals surface area contributed by atoms with Crippen LogP contribution in [0.1, 0.15) is 34.4 Å². The van der Waals surface area contributed by atoms with Gasteiger partial charge >= 0.3 is 5.97 Å². The van der Waals surface area contributed by atoms with Gasteiger partial charge in [-0.15, -0.1) is 0 Å². The van der Waals surface area contributed by atoms with E-state index in [1.807, 2.05) is 13.8 Å². The molecule has 0 fully saturated rings. The van der Waals surface area contributed by atoms with E-state index in [1.165, 1.54) is 0 Å². The quantitative estimate of drug-likeness (QED) is 0.885. The first-order valence-electron chi connectivity index (χ1n) is 6.71. The zero-order chi connectivity index (χ0) is 15.4. The fraction of sp³-hybridized carbons (Fsp3) is 0.250. The number of carbonyl (C=O) groups excluding carboxylic acids is 1. The molecule has 21 heavy (non-hydrogen) atoms. The molecule has 0 spiro atoms.